The first kappa shape index (κ1) is 13.8. The summed E-state index contributed by atoms with van der Waals surface area (Å²) in [5.41, 5.74) is 6.78. The van der Waals surface area contributed by atoms with Gasteiger partial charge >= 0.3 is 0 Å². The highest BCUT2D eigenvalue weighted by atomic mass is 32.1. The number of halogens is 1. The number of benzene rings is 2. The van der Waals surface area contributed by atoms with Crippen molar-refractivity contribution in [2.45, 2.75) is 5.92 Å². The van der Waals surface area contributed by atoms with Gasteiger partial charge in [0.25, 0.3) is 0 Å². The summed E-state index contributed by atoms with van der Waals surface area (Å²) in [6, 6.07) is 12.4. The Morgan fingerprint density at radius 3 is 2.90 bits per heavy atom. The van der Waals surface area contributed by atoms with E-state index in [1.165, 1.54) is 12.1 Å². The quantitative estimate of drug-likeness (QED) is 0.882. The molecule has 1 heterocycles. The van der Waals surface area contributed by atoms with Crippen LogP contribution in [0.15, 0.2) is 42.5 Å². The van der Waals surface area contributed by atoms with Gasteiger partial charge in [-0.25, -0.2) is 4.39 Å². The second-order valence-electron chi connectivity index (χ2n) is 4.86. The van der Waals surface area contributed by atoms with Gasteiger partial charge in [-0.2, -0.15) is 0 Å². The minimum Gasteiger partial charge on any atom is -0.493 e. The molecule has 108 valence electrons. The molecule has 1 aliphatic rings. The van der Waals surface area contributed by atoms with Crippen LogP contribution in [0.4, 0.5) is 4.39 Å². The summed E-state index contributed by atoms with van der Waals surface area (Å²) in [6.45, 7) is 1.01. The predicted octanol–water partition coefficient (Wildman–Crippen LogP) is 3.01. The number of hydrogen-bond donors (Lipinski definition) is 1. The number of para-hydroxylation sites is 1. The highest BCUT2D eigenvalue weighted by Crippen LogP contribution is 2.33. The van der Waals surface area contributed by atoms with Crippen LogP contribution in [-0.4, -0.2) is 18.2 Å². The number of ether oxygens (including phenoxy) is 2. The highest BCUT2D eigenvalue weighted by molar-refractivity contribution is 7.80. The zero-order valence-corrected chi connectivity index (χ0v) is 12.0. The number of nitrogens with two attached hydrogens (primary N) is 1. The molecule has 2 aromatic rings. The van der Waals surface area contributed by atoms with Crippen LogP contribution in [0.3, 0.4) is 0 Å². The Hall–Kier alpha value is -2.14. The van der Waals surface area contributed by atoms with Crippen molar-refractivity contribution >= 4 is 17.2 Å². The molecule has 0 aromatic heterocycles. The van der Waals surface area contributed by atoms with Crippen LogP contribution >= 0.6 is 12.2 Å². The molecule has 1 unspecified atom stereocenters. The van der Waals surface area contributed by atoms with E-state index in [1.54, 1.807) is 6.07 Å². The Morgan fingerprint density at radius 2 is 2.14 bits per heavy atom. The molecular weight excluding hydrogens is 289 g/mol. The van der Waals surface area contributed by atoms with Crippen molar-refractivity contribution in [1.29, 1.82) is 0 Å². The van der Waals surface area contributed by atoms with Gasteiger partial charge in [0.1, 0.15) is 22.3 Å². The zero-order chi connectivity index (χ0) is 14.8. The second-order valence-corrected chi connectivity index (χ2v) is 5.30. The third-order valence-corrected chi connectivity index (χ3v) is 3.68. The minimum atomic E-state index is -0.469. The Morgan fingerprint density at radius 1 is 1.33 bits per heavy atom. The smallest absolute Gasteiger partial charge is 0.137 e. The topological polar surface area (TPSA) is 44.5 Å². The molecule has 0 aliphatic carbocycles. The fourth-order valence-electron chi connectivity index (χ4n) is 2.35. The summed E-state index contributed by atoms with van der Waals surface area (Å²) in [5.74, 6) is 1.03. The molecule has 5 heteroatoms. The maximum absolute atomic E-state index is 13.8. The van der Waals surface area contributed by atoms with E-state index in [0.717, 1.165) is 11.3 Å². The van der Waals surface area contributed by atoms with Crippen molar-refractivity contribution in [2.75, 3.05) is 13.2 Å². The molecule has 21 heavy (non-hydrogen) atoms. The molecule has 0 fully saturated rings. The molecule has 1 atom stereocenters. The van der Waals surface area contributed by atoms with Gasteiger partial charge < -0.3 is 15.2 Å². The van der Waals surface area contributed by atoms with Gasteiger partial charge in [-0.15, -0.1) is 0 Å². The average molecular weight is 303 g/mol. The molecule has 3 rings (SSSR count). The minimum absolute atomic E-state index is 0.0390. The number of thiocarbonyl (C=S) groups is 1. The summed E-state index contributed by atoms with van der Waals surface area (Å²) in [7, 11) is 0. The van der Waals surface area contributed by atoms with Gasteiger partial charge in [0.2, 0.25) is 0 Å². The molecule has 2 N–H and O–H groups in total. The van der Waals surface area contributed by atoms with Crippen LogP contribution in [0, 0.1) is 5.82 Å². The molecule has 0 bridgehead atoms. The molecule has 1 aliphatic heterocycles. The average Bonchev–Trinajstić information content (AvgIpc) is 2.88. The van der Waals surface area contributed by atoms with Gasteiger partial charge in [-0.1, -0.05) is 30.4 Å². The summed E-state index contributed by atoms with van der Waals surface area (Å²) < 4.78 is 25.0. The van der Waals surface area contributed by atoms with E-state index in [4.69, 9.17) is 27.4 Å². The largest absolute Gasteiger partial charge is 0.493 e. The van der Waals surface area contributed by atoms with E-state index < -0.39 is 5.82 Å². The van der Waals surface area contributed by atoms with Gasteiger partial charge in [0.05, 0.1) is 19.1 Å². The van der Waals surface area contributed by atoms with Crippen molar-refractivity contribution in [3.63, 3.8) is 0 Å². The molecule has 0 saturated heterocycles. The predicted molar refractivity (Wildman–Crippen MR) is 82.5 cm³/mol. The monoisotopic (exact) mass is 303 g/mol. The van der Waals surface area contributed by atoms with E-state index in [2.05, 4.69) is 0 Å². The number of fused-ring (bicyclic) bond motifs is 1. The lowest BCUT2D eigenvalue weighted by atomic mass is 10.0. The van der Waals surface area contributed by atoms with Crippen LogP contribution in [0.25, 0.3) is 0 Å². The van der Waals surface area contributed by atoms with Gasteiger partial charge in [-0.3, -0.25) is 0 Å². The van der Waals surface area contributed by atoms with Crippen molar-refractivity contribution < 1.29 is 13.9 Å². The van der Waals surface area contributed by atoms with E-state index in [-0.39, 0.29) is 16.5 Å². The summed E-state index contributed by atoms with van der Waals surface area (Å²) in [6.07, 6.45) is 0. The Balaban J connectivity index is 1.69. The lowest BCUT2D eigenvalue weighted by molar-refractivity contribution is 0.247. The van der Waals surface area contributed by atoms with Crippen LogP contribution in [0.1, 0.15) is 17.0 Å². The SMILES string of the molecule is NC(=S)c1ccc(OCC2COc3ccccc32)cc1F. The zero-order valence-electron chi connectivity index (χ0n) is 11.2. The lowest BCUT2D eigenvalue weighted by Crippen LogP contribution is -2.13. The maximum atomic E-state index is 13.8. The molecule has 2 aromatic carbocycles. The molecule has 3 nitrogen and oxygen atoms in total. The fraction of sp³-hybridized carbons (Fsp3) is 0.188. The van der Waals surface area contributed by atoms with Crippen molar-refractivity contribution in [2.24, 2.45) is 5.73 Å². The second kappa shape index (κ2) is 5.69. The number of rotatable bonds is 4. The van der Waals surface area contributed by atoms with E-state index in [1.807, 2.05) is 24.3 Å². The highest BCUT2D eigenvalue weighted by Gasteiger charge is 2.24. The molecule has 0 amide bonds. The van der Waals surface area contributed by atoms with E-state index >= 15 is 0 Å². The van der Waals surface area contributed by atoms with Crippen molar-refractivity contribution in [1.82, 2.24) is 0 Å². The van der Waals surface area contributed by atoms with Crippen LogP contribution in [-0.2, 0) is 0 Å². The van der Waals surface area contributed by atoms with Crippen LogP contribution < -0.4 is 15.2 Å². The van der Waals surface area contributed by atoms with Crippen LogP contribution in [0.2, 0.25) is 0 Å². The number of hydrogen-bond acceptors (Lipinski definition) is 3. The third kappa shape index (κ3) is 2.83. The van der Waals surface area contributed by atoms with Crippen molar-refractivity contribution in [3.8, 4) is 11.5 Å². The molecular formula is C16H14FNO2S. The van der Waals surface area contributed by atoms with Crippen molar-refractivity contribution in [3.05, 3.63) is 59.4 Å². The Bertz CT molecular complexity index is 690. The maximum Gasteiger partial charge on any atom is 0.137 e. The molecule has 0 spiro atoms. The van der Waals surface area contributed by atoms with Gasteiger partial charge in [0.15, 0.2) is 0 Å². The Kier molecular flexibility index (Phi) is 3.75. The first-order chi connectivity index (χ1) is 10.1. The lowest BCUT2D eigenvalue weighted by Gasteiger charge is -2.12. The normalized spacial score (nSPS) is 16.1. The Labute approximate surface area is 127 Å². The fourth-order valence-corrected chi connectivity index (χ4v) is 2.52. The van der Waals surface area contributed by atoms with Gasteiger partial charge in [0, 0.05) is 17.2 Å². The summed E-state index contributed by atoms with van der Waals surface area (Å²) in [4.78, 5) is 0.0390. The van der Waals surface area contributed by atoms with Crippen LogP contribution in [0.5, 0.6) is 11.5 Å². The first-order valence-corrected chi connectivity index (χ1v) is 7.00. The van der Waals surface area contributed by atoms with Gasteiger partial charge in [-0.05, 0) is 18.2 Å². The van der Waals surface area contributed by atoms with E-state index in [0.29, 0.717) is 19.0 Å². The molecule has 0 radical (unpaired) electrons. The van der Waals surface area contributed by atoms with E-state index in [9.17, 15) is 4.39 Å². The summed E-state index contributed by atoms with van der Waals surface area (Å²) in [5, 5.41) is 0. The first-order valence-electron chi connectivity index (χ1n) is 6.59. The standard InChI is InChI=1S/C16H14FNO2S/c17-14-7-11(5-6-13(14)16(18)21)19-8-10-9-20-15-4-2-1-3-12(10)15/h1-7,10H,8-9H2,(H2,18,21). The molecule has 0 saturated carbocycles. The summed E-state index contributed by atoms with van der Waals surface area (Å²) >= 11 is 4.77. The third-order valence-electron chi connectivity index (χ3n) is 3.46.